The number of aromatic hydroxyl groups is 1. The Morgan fingerprint density at radius 1 is 1.12 bits per heavy atom. The summed E-state index contributed by atoms with van der Waals surface area (Å²) in [6.45, 7) is 12.4. The lowest BCUT2D eigenvalue weighted by Crippen LogP contribution is -2.20. The second-order valence-electron chi connectivity index (χ2n) is 10.3. The third-order valence-corrected chi connectivity index (χ3v) is 6.35. The van der Waals surface area contributed by atoms with Gasteiger partial charge in [0.1, 0.15) is 12.0 Å². The monoisotopic (exact) mass is 462 g/mol. The molecular formula is C29H38N2O3. The Labute approximate surface area is 203 Å². The van der Waals surface area contributed by atoms with Crippen molar-refractivity contribution in [1.82, 2.24) is 4.98 Å². The molecule has 34 heavy (non-hydrogen) atoms. The van der Waals surface area contributed by atoms with E-state index in [4.69, 9.17) is 4.42 Å². The molecule has 5 heteroatoms. The minimum atomic E-state index is -0.135. The van der Waals surface area contributed by atoms with Crippen LogP contribution in [0.1, 0.15) is 88.0 Å². The number of unbranched alkanes of at least 4 members (excludes halogenated alkanes) is 2. The standard InChI is InChI=1S/C29H38N2O3/c1-7-8-9-10-21(23-15-19(2)27(33)20(3)16-23)18-26(32)31-25-17-22(28-30-13-14-34-28)11-12-24(25)29(4,5)6/h11-17,21,33H,7-10,18H2,1-6H3,(H,31,32). The number of nitrogens with one attached hydrogen (secondary N) is 1. The SMILES string of the molecule is CCCCCC(CC(=O)Nc1cc(-c2ncco2)ccc1C(C)(C)C)c1cc(C)c(O)c(C)c1. The van der Waals surface area contributed by atoms with Crippen LogP contribution >= 0.6 is 0 Å². The van der Waals surface area contributed by atoms with E-state index in [0.717, 1.165) is 59.2 Å². The zero-order valence-corrected chi connectivity index (χ0v) is 21.4. The number of amides is 1. The lowest BCUT2D eigenvalue weighted by Gasteiger charge is -2.24. The molecule has 1 unspecified atom stereocenters. The number of phenols is 1. The summed E-state index contributed by atoms with van der Waals surface area (Å²) in [5.41, 5.74) is 5.37. The fourth-order valence-electron chi connectivity index (χ4n) is 4.48. The molecule has 3 rings (SSSR count). The van der Waals surface area contributed by atoms with Gasteiger partial charge < -0.3 is 14.8 Å². The molecule has 0 saturated heterocycles. The summed E-state index contributed by atoms with van der Waals surface area (Å²) < 4.78 is 5.47. The van der Waals surface area contributed by atoms with E-state index in [-0.39, 0.29) is 17.2 Å². The fourth-order valence-corrected chi connectivity index (χ4v) is 4.48. The van der Waals surface area contributed by atoms with Crippen LogP contribution in [0.3, 0.4) is 0 Å². The van der Waals surface area contributed by atoms with E-state index in [9.17, 15) is 9.90 Å². The molecule has 0 fully saturated rings. The van der Waals surface area contributed by atoms with Crippen LogP contribution in [0.15, 0.2) is 47.2 Å². The molecule has 3 aromatic rings. The number of carbonyl (C=O) groups is 1. The van der Waals surface area contributed by atoms with Crippen LogP contribution in [0.4, 0.5) is 5.69 Å². The van der Waals surface area contributed by atoms with Gasteiger partial charge in [-0.3, -0.25) is 4.79 Å². The molecule has 1 atom stereocenters. The van der Waals surface area contributed by atoms with Crippen molar-refractivity contribution in [3.8, 4) is 17.2 Å². The van der Waals surface area contributed by atoms with Crippen molar-refractivity contribution in [1.29, 1.82) is 0 Å². The van der Waals surface area contributed by atoms with Crippen LogP contribution in [-0.4, -0.2) is 16.0 Å². The normalized spacial score (nSPS) is 12.5. The third kappa shape index (κ3) is 6.28. The summed E-state index contributed by atoms with van der Waals surface area (Å²) in [5, 5.41) is 13.4. The largest absolute Gasteiger partial charge is 0.507 e. The van der Waals surface area contributed by atoms with Gasteiger partial charge in [0.15, 0.2) is 0 Å². The number of nitrogens with zero attached hydrogens (tertiary/aromatic N) is 1. The minimum Gasteiger partial charge on any atom is -0.507 e. The summed E-state index contributed by atoms with van der Waals surface area (Å²) in [5.74, 6) is 0.944. The van der Waals surface area contributed by atoms with Crippen molar-refractivity contribution in [2.75, 3.05) is 5.32 Å². The highest BCUT2D eigenvalue weighted by Crippen LogP contribution is 2.35. The number of anilines is 1. The fraction of sp³-hybridized carbons (Fsp3) is 0.448. The first-order chi connectivity index (χ1) is 16.1. The quantitative estimate of drug-likeness (QED) is 0.320. The molecule has 0 bridgehead atoms. The predicted octanol–water partition coefficient (Wildman–Crippen LogP) is 7.65. The highest BCUT2D eigenvalue weighted by Gasteiger charge is 2.23. The summed E-state index contributed by atoms with van der Waals surface area (Å²) in [7, 11) is 0. The Morgan fingerprint density at radius 3 is 2.41 bits per heavy atom. The van der Waals surface area contributed by atoms with Gasteiger partial charge in [0.2, 0.25) is 11.8 Å². The van der Waals surface area contributed by atoms with Crippen molar-refractivity contribution in [2.24, 2.45) is 0 Å². The number of hydrogen-bond acceptors (Lipinski definition) is 4. The van der Waals surface area contributed by atoms with Crippen LogP contribution in [0.5, 0.6) is 5.75 Å². The number of aromatic nitrogens is 1. The Morgan fingerprint density at radius 2 is 1.82 bits per heavy atom. The van der Waals surface area contributed by atoms with Crippen molar-refractivity contribution >= 4 is 11.6 Å². The summed E-state index contributed by atoms with van der Waals surface area (Å²) in [6, 6.07) is 10.0. The van der Waals surface area contributed by atoms with E-state index in [1.807, 2.05) is 44.2 Å². The Bertz CT molecular complexity index is 1090. The average molecular weight is 463 g/mol. The molecule has 1 amide bonds. The maximum absolute atomic E-state index is 13.3. The number of hydrogen-bond donors (Lipinski definition) is 2. The zero-order chi connectivity index (χ0) is 24.9. The number of phenolic OH excluding ortho intramolecular Hbond substituents is 1. The van der Waals surface area contributed by atoms with Crippen LogP contribution < -0.4 is 5.32 Å². The first kappa shape index (κ1) is 25.5. The Kier molecular flexibility index (Phi) is 8.19. The maximum atomic E-state index is 13.3. The molecule has 1 heterocycles. The lowest BCUT2D eigenvalue weighted by molar-refractivity contribution is -0.116. The van der Waals surface area contributed by atoms with Crippen LogP contribution in [-0.2, 0) is 10.2 Å². The molecule has 0 radical (unpaired) electrons. The number of carbonyl (C=O) groups excluding carboxylic acids is 1. The van der Waals surface area contributed by atoms with Gasteiger partial charge in [0.05, 0.1) is 6.20 Å². The molecule has 2 N–H and O–H groups in total. The van der Waals surface area contributed by atoms with Gasteiger partial charge in [-0.25, -0.2) is 4.98 Å². The molecule has 5 nitrogen and oxygen atoms in total. The van der Waals surface area contributed by atoms with Gasteiger partial charge in [-0.2, -0.15) is 0 Å². The van der Waals surface area contributed by atoms with E-state index >= 15 is 0 Å². The predicted molar refractivity (Wildman–Crippen MR) is 138 cm³/mol. The van der Waals surface area contributed by atoms with Gasteiger partial charge in [0.25, 0.3) is 0 Å². The highest BCUT2D eigenvalue weighted by molar-refractivity contribution is 5.93. The molecular weight excluding hydrogens is 424 g/mol. The molecule has 0 aliphatic carbocycles. The minimum absolute atomic E-state index is 0.0140. The summed E-state index contributed by atoms with van der Waals surface area (Å²) in [6.07, 6.45) is 7.84. The maximum Gasteiger partial charge on any atom is 0.225 e. The molecule has 0 aliphatic rings. The number of rotatable bonds is 9. The Hall–Kier alpha value is -3.08. The first-order valence-electron chi connectivity index (χ1n) is 12.2. The van der Waals surface area contributed by atoms with Crippen molar-refractivity contribution in [3.05, 3.63) is 65.0 Å². The van der Waals surface area contributed by atoms with E-state index < -0.39 is 0 Å². The molecule has 0 aliphatic heterocycles. The zero-order valence-electron chi connectivity index (χ0n) is 21.4. The molecule has 2 aromatic carbocycles. The second kappa shape index (κ2) is 10.9. The smallest absolute Gasteiger partial charge is 0.225 e. The van der Waals surface area contributed by atoms with Gasteiger partial charge in [-0.05, 0) is 66.0 Å². The third-order valence-electron chi connectivity index (χ3n) is 6.35. The van der Waals surface area contributed by atoms with Gasteiger partial charge >= 0.3 is 0 Å². The molecule has 0 spiro atoms. The highest BCUT2D eigenvalue weighted by atomic mass is 16.3. The van der Waals surface area contributed by atoms with Crippen LogP contribution in [0.2, 0.25) is 0 Å². The van der Waals surface area contributed by atoms with Gasteiger partial charge in [-0.1, -0.05) is 65.2 Å². The van der Waals surface area contributed by atoms with Crippen molar-refractivity contribution in [3.63, 3.8) is 0 Å². The lowest BCUT2D eigenvalue weighted by atomic mass is 9.84. The topological polar surface area (TPSA) is 75.4 Å². The van der Waals surface area contributed by atoms with Crippen molar-refractivity contribution in [2.45, 2.75) is 85.0 Å². The average Bonchev–Trinajstić information content (AvgIpc) is 3.31. The summed E-state index contributed by atoms with van der Waals surface area (Å²) in [4.78, 5) is 17.6. The number of oxazole rings is 1. The molecule has 0 saturated carbocycles. The molecule has 182 valence electrons. The van der Waals surface area contributed by atoms with Crippen LogP contribution in [0, 0.1) is 13.8 Å². The van der Waals surface area contributed by atoms with Crippen LogP contribution in [0.25, 0.3) is 11.5 Å². The molecule has 1 aromatic heterocycles. The number of benzene rings is 2. The van der Waals surface area contributed by atoms with E-state index in [1.165, 1.54) is 0 Å². The summed E-state index contributed by atoms with van der Waals surface area (Å²) >= 11 is 0. The van der Waals surface area contributed by atoms with E-state index in [2.05, 4.69) is 38.0 Å². The van der Waals surface area contributed by atoms with Crippen molar-refractivity contribution < 1.29 is 14.3 Å². The first-order valence-corrected chi connectivity index (χ1v) is 12.2. The van der Waals surface area contributed by atoms with E-state index in [1.54, 1.807) is 12.5 Å². The Balaban J connectivity index is 1.88. The van der Waals surface area contributed by atoms with Gasteiger partial charge in [-0.15, -0.1) is 0 Å². The second-order valence-corrected chi connectivity index (χ2v) is 10.3. The van der Waals surface area contributed by atoms with Gasteiger partial charge in [0, 0.05) is 17.7 Å². The number of aryl methyl sites for hydroxylation is 2. The van der Waals surface area contributed by atoms with E-state index in [0.29, 0.717) is 18.1 Å².